The maximum atomic E-state index is 12.2. The summed E-state index contributed by atoms with van der Waals surface area (Å²) >= 11 is 0. The number of benzene rings is 1. The molecule has 3 N–H and O–H groups in total. The van der Waals surface area contributed by atoms with Crippen LogP contribution in [0.25, 0.3) is 10.9 Å². The van der Waals surface area contributed by atoms with Gasteiger partial charge in [0.2, 0.25) is 5.91 Å². The predicted molar refractivity (Wildman–Crippen MR) is 115 cm³/mol. The molecule has 5 nitrogen and oxygen atoms in total. The number of rotatable bonds is 14. The van der Waals surface area contributed by atoms with Crippen LogP contribution < -0.4 is 34.9 Å². The van der Waals surface area contributed by atoms with Gasteiger partial charge in [-0.25, -0.2) is 4.79 Å². The molecule has 0 aliphatic carbocycles. The number of aliphatic carboxylic acids is 1. The van der Waals surface area contributed by atoms with Crippen molar-refractivity contribution in [3.8, 4) is 0 Å². The summed E-state index contributed by atoms with van der Waals surface area (Å²) in [6.45, 7) is 2.22. The van der Waals surface area contributed by atoms with E-state index in [2.05, 4.69) is 17.2 Å². The molecule has 1 aromatic carbocycles. The van der Waals surface area contributed by atoms with Gasteiger partial charge in [0.15, 0.2) is 0 Å². The van der Waals surface area contributed by atoms with Gasteiger partial charge in [-0.2, -0.15) is 0 Å². The molecule has 0 saturated heterocycles. The molecule has 156 valence electrons. The Hall–Kier alpha value is -1.30. The molecule has 6 heteroatoms. The average Bonchev–Trinajstić information content (AvgIpc) is 3.09. The van der Waals surface area contributed by atoms with E-state index in [-0.39, 0.29) is 43.3 Å². The SMILES string of the molecule is CCCCCCCCCCCC(=O)N[C@@H](Cc1c[nH]c2ccccc12)C(=O)O.[H-].[Na+]. The molecule has 0 radical (unpaired) electrons. The van der Waals surface area contributed by atoms with Crippen LogP contribution in [-0.4, -0.2) is 28.0 Å². The molecular weight excluding hydrogens is 375 g/mol. The minimum absolute atomic E-state index is 0. The minimum atomic E-state index is -0.995. The van der Waals surface area contributed by atoms with Crippen molar-refractivity contribution in [3.63, 3.8) is 0 Å². The molecule has 0 aliphatic heterocycles. The molecule has 0 saturated carbocycles. The standard InChI is InChI=1S/C23H34N2O3.Na.H/c1-2-3-4-5-6-7-8-9-10-15-22(26)25-21(23(27)28)16-18-17-24-20-14-12-11-13-19(18)20;;/h11-14,17,21,24H,2-10,15-16H2,1H3,(H,25,26)(H,27,28);;/q;+1;-1/t21-;;/m0../s1. The van der Waals surface area contributed by atoms with Crippen LogP contribution >= 0.6 is 0 Å². The molecule has 2 rings (SSSR count). The van der Waals surface area contributed by atoms with Crippen molar-refractivity contribution < 1.29 is 45.7 Å². The van der Waals surface area contributed by atoms with E-state index >= 15 is 0 Å². The summed E-state index contributed by atoms with van der Waals surface area (Å²) < 4.78 is 0. The number of aromatic nitrogens is 1. The number of amides is 1. The van der Waals surface area contributed by atoms with E-state index in [1.807, 2.05) is 30.5 Å². The van der Waals surface area contributed by atoms with E-state index in [4.69, 9.17) is 0 Å². The number of carbonyl (C=O) groups is 2. The van der Waals surface area contributed by atoms with Crippen molar-refractivity contribution in [2.45, 2.75) is 83.6 Å². The van der Waals surface area contributed by atoms with Gasteiger partial charge in [-0.05, 0) is 18.1 Å². The van der Waals surface area contributed by atoms with Crippen molar-refractivity contribution in [1.29, 1.82) is 0 Å². The molecule has 2 aromatic rings. The molecular formula is C23H35N2NaO3. The Kier molecular flexibility index (Phi) is 13.0. The van der Waals surface area contributed by atoms with Gasteiger partial charge in [0, 0.05) is 29.9 Å². The van der Waals surface area contributed by atoms with E-state index < -0.39 is 12.0 Å². The predicted octanol–water partition coefficient (Wildman–Crippen LogP) is 2.32. The second-order valence-electron chi connectivity index (χ2n) is 7.60. The Labute approximate surface area is 197 Å². The summed E-state index contributed by atoms with van der Waals surface area (Å²) in [5.74, 6) is -1.17. The zero-order valence-corrected chi connectivity index (χ0v) is 20.0. The number of unbranched alkanes of at least 4 members (excludes halogenated alkanes) is 8. The first-order valence-corrected chi connectivity index (χ1v) is 10.7. The molecule has 0 bridgehead atoms. The largest absolute Gasteiger partial charge is 1.00 e. The Morgan fingerprint density at radius 2 is 1.66 bits per heavy atom. The van der Waals surface area contributed by atoms with E-state index in [9.17, 15) is 14.7 Å². The zero-order valence-electron chi connectivity index (χ0n) is 19.0. The number of aromatic amines is 1. The number of carbonyl (C=O) groups excluding carboxylic acids is 1. The van der Waals surface area contributed by atoms with Gasteiger partial charge >= 0.3 is 35.5 Å². The fourth-order valence-corrected chi connectivity index (χ4v) is 3.58. The molecule has 0 aliphatic rings. The van der Waals surface area contributed by atoms with Crippen molar-refractivity contribution >= 4 is 22.8 Å². The third-order valence-electron chi connectivity index (χ3n) is 5.24. The van der Waals surface area contributed by atoms with Crippen molar-refractivity contribution in [2.24, 2.45) is 0 Å². The number of para-hydroxylation sites is 1. The second-order valence-corrected chi connectivity index (χ2v) is 7.60. The molecule has 0 fully saturated rings. The van der Waals surface area contributed by atoms with Crippen molar-refractivity contribution in [2.75, 3.05) is 0 Å². The second kappa shape index (κ2) is 14.6. The van der Waals surface area contributed by atoms with Crippen molar-refractivity contribution in [1.82, 2.24) is 10.3 Å². The van der Waals surface area contributed by atoms with Gasteiger partial charge in [0.05, 0.1) is 0 Å². The van der Waals surface area contributed by atoms with E-state index in [0.29, 0.717) is 6.42 Å². The fourth-order valence-electron chi connectivity index (χ4n) is 3.58. The van der Waals surface area contributed by atoms with E-state index in [0.717, 1.165) is 35.7 Å². The van der Waals surface area contributed by atoms with Gasteiger partial charge in [-0.3, -0.25) is 4.79 Å². The molecule has 1 amide bonds. The summed E-state index contributed by atoms with van der Waals surface area (Å²) in [5.41, 5.74) is 1.88. The Balaban J connectivity index is 0.00000420. The van der Waals surface area contributed by atoms with Gasteiger partial charge in [-0.1, -0.05) is 76.5 Å². The Morgan fingerprint density at radius 1 is 1.03 bits per heavy atom. The van der Waals surface area contributed by atoms with Crippen LogP contribution in [0.3, 0.4) is 0 Å². The molecule has 29 heavy (non-hydrogen) atoms. The summed E-state index contributed by atoms with van der Waals surface area (Å²) in [4.78, 5) is 26.9. The topological polar surface area (TPSA) is 82.2 Å². The van der Waals surface area contributed by atoms with Crippen LogP contribution in [0.1, 0.15) is 78.1 Å². The fraction of sp³-hybridized carbons (Fsp3) is 0.565. The minimum Gasteiger partial charge on any atom is -1.00 e. The summed E-state index contributed by atoms with van der Waals surface area (Å²) in [6, 6.07) is 6.88. The average molecular weight is 411 g/mol. The summed E-state index contributed by atoms with van der Waals surface area (Å²) in [7, 11) is 0. The molecule has 1 aromatic heterocycles. The first kappa shape index (κ1) is 25.7. The monoisotopic (exact) mass is 410 g/mol. The van der Waals surface area contributed by atoms with Crippen LogP contribution in [0.15, 0.2) is 30.5 Å². The maximum Gasteiger partial charge on any atom is 1.00 e. The number of H-pyrrole nitrogens is 1. The first-order chi connectivity index (χ1) is 13.6. The first-order valence-electron chi connectivity index (χ1n) is 10.7. The number of nitrogens with one attached hydrogen (secondary N) is 2. The van der Waals surface area contributed by atoms with Crippen LogP contribution in [-0.2, 0) is 16.0 Å². The third kappa shape index (κ3) is 9.37. The van der Waals surface area contributed by atoms with Gasteiger partial charge in [-0.15, -0.1) is 0 Å². The van der Waals surface area contributed by atoms with Gasteiger partial charge in [0.1, 0.15) is 6.04 Å². The number of hydrogen-bond acceptors (Lipinski definition) is 2. The van der Waals surface area contributed by atoms with Crippen LogP contribution in [0.2, 0.25) is 0 Å². The quantitative estimate of drug-likeness (QED) is 0.330. The van der Waals surface area contributed by atoms with Crippen LogP contribution in [0.4, 0.5) is 0 Å². The third-order valence-corrected chi connectivity index (χ3v) is 5.24. The number of fused-ring (bicyclic) bond motifs is 1. The van der Waals surface area contributed by atoms with Crippen molar-refractivity contribution in [3.05, 3.63) is 36.0 Å². The Bertz CT molecular complexity index is 751. The molecule has 0 spiro atoms. The number of carboxylic acids is 1. The van der Waals surface area contributed by atoms with E-state index in [1.54, 1.807) is 0 Å². The molecule has 1 heterocycles. The summed E-state index contributed by atoms with van der Waals surface area (Å²) in [6.07, 6.45) is 13.2. The van der Waals surface area contributed by atoms with Gasteiger partial charge in [0.25, 0.3) is 0 Å². The normalized spacial score (nSPS) is 11.8. The smallest absolute Gasteiger partial charge is 1.00 e. The van der Waals surface area contributed by atoms with E-state index in [1.165, 1.54) is 38.5 Å². The van der Waals surface area contributed by atoms with Gasteiger partial charge < -0.3 is 16.8 Å². The Morgan fingerprint density at radius 3 is 2.31 bits per heavy atom. The summed E-state index contributed by atoms with van der Waals surface area (Å²) in [5, 5.41) is 13.2. The molecule has 1 atom stereocenters. The maximum absolute atomic E-state index is 12.2. The van der Waals surface area contributed by atoms with Crippen LogP contribution in [0.5, 0.6) is 0 Å². The number of carboxylic acid groups (broad SMARTS) is 1. The number of hydrogen-bond donors (Lipinski definition) is 3. The van der Waals surface area contributed by atoms with Crippen LogP contribution in [0, 0.1) is 0 Å². The molecule has 0 unspecified atom stereocenters. The zero-order chi connectivity index (χ0) is 20.2.